The average molecular weight is 278 g/mol. The van der Waals surface area contributed by atoms with E-state index < -0.39 is 0 Å². The first-order valence-corrected chi connectivity index (χ1v) is 7.98. The third kappa shape index (κ3) is 2.82. The minimum Gasteiger partial charge on any atom is -0.375 e. The zero-order valence-electron chi connectivity index (χ0n) is 10.9. The number of ether oxygens (including phenoxy) is 1. The lowest BCUT2D eigenvalue weighted by Gasteiger charge is -2.42. The quantitative estimate of drug-likeness (QED) is 0.777. The van der Waals surface area contributed by atoms with Gasteiger partial charge in [0.2, 0.25) is 5.78 Å². The smallest absolute Gasteiger partial charge is 0.203 e. The van der Waals surface area contributed by atoms with Crippen molar-refractivity contribution in [2.75, 3.05) is 18.1 Å². The van der Waals surface area contributed by atoms with Crippen molar-refractivity contribution in [3.63, 3.8) is 0 Å². The molecule has 1 unspecified atom stereocenters. The van der Waals surface area contributed by atoms with Gasteiger partial charge >= 0.3 is 0 Å². The van der Waals surface area contributed by atoms with Crippen molar-refractivity contribution >= 4 is 17.5 Å². The fraction of sp³-hybridized carbons (Fsp3) is 0.643. The van der Waals surface area contributed by atoms with Gasteiger partial charge in [-0.2, -0.15) is 11.8 Å². The molecule has 0 N–H and O–H groups in total. The first-order valence-electron chi connectivity index (χ1n) is 6.82. The molecule has 5 heteroatoms. The van der Waals surface area contributed by atoms with E-state index in [1.165, 1.54) is 0 Å². The molecule has 0 aliphatic carbocycles. The van der Waals surface area contributed by atoms with E-state index in [1.807, 2.05) is 11.8 Å². The van der Waals surface area contributed by atoms with Gasteiger partial charge in [0.25, 0.3) is 0 Å². The summed E-state index contributed by atoms with van der Waals surface area (Å²) in [5, 5.41) is 0. The van der Waals surface area contributed by atoms with Gasteiger partial charge < -0.3 is 4.74 Å². The van der Waals surface area contributed by atoms with Gasteiger partial charge in [-0.1, -0.05) is 0 Å². The Kier molecular flexibility index (Phi) is 3.84. The summed E-state index contributed by atoms with van der Waals surface area (Å²) in [4.78, 5) is 20.6. The molecule has 3 rings (SSSR count). The van der Waals surface area contributed by atoms with Crippen LogP contribution in [-0.2, 0) is 4.74 Å². The molecular formula is C14H18N2O2S. The minimum atomic E-state index is -0.0569. The maximum atomic E-state index is 12.4. The number of Topliss-reactive ketones (excluding diaryl/α,β-unsaturated/α-hetero) is 1. The van der Waals surface area contributed by atoms with Crippen LogP contribution >= 0.6 is 11.8 Å². The Morgan fingerprint density at radius 1 is 1.32 bits per heavy atom. The Hall–Kier alpha value is -0.940. The summed E-state index contributed by atoms with van der Waals surface area (Å²) in [7, 11) is 0. The molecule has 0 bridgehead atoms. The van der Waals surface area contributed by atoms with Gasteiger partial charge in [-0.3, -0.25) is 4.79 Å². The SMILES string of the molecule is O=C(c1ncccn1)C1CCOC2(CCSCC2)C1. The Morgan fingerprint density at radius 2 is 2.05 bits per heavy atom. The first-order chi connectivity index (χ1) is 9.29. The third-order valence-electron chi connectivity index (χ3n) is 4.05. The number of carbonyl (C=O) groups is 1. The van der Waals surface area contributed by atoms with Crippen LogP contribution in [-0.4, -0.2) is 39.5 Å². The summed E-state index contributed by atoms with van der Waals surface area (Å²) in [6.07, 6.45) is 7.03. The largest absolute Gasteiger partial charge is 0.375 e. The fourth-order valence-electron chi connectivity index (χ4n) is 2.95. The summed E-state index contributed by atoms with van der Waals surface area (Å²) in [5.41, 5.74) is -0.0569. The number of carbonyl (C=O) groups excluding carboxylic acids is 1. The second kappa shape index (κ2) is 5.59. The second-order valence-electron chi connectivity index (χ2n) is 5.27. The molecule has 0 amide bonds. The topological polar surface area (TPSA) is 52.1 Å². The highest BCUT2D eigenvalue weighted by atomic mass is 32.2. The monoisotopic (exact) mass is 278 g/mol. The van der Waals surface area contributed by atoms with Crippen LogP contribution in [0.15, 0.2) is 18.5 Å². The van der Waals surface area contributed by atoms with Crippen molar-refractivity contribution in [2.45, 2.75) is 31.3 Å². The van der Waals surface area contributed by atoms with Crippen LogP contribution in [0.1, 0.15) is 36.3 Å². The van der Waals surface area contributed by atoms with E-state index in [1.54, 1.807) is 18.5 Å². The standard InChI is InChI=1S/C14H18N2O2S/c17-12(13-15-5-1-6-16-13)11-2-7-18-14(10-11)3-8-19-9-4-14/h1,5-6,11H,2-4,7-10H2. The lowest BCUT2D eigenvalue weighted by molar-refractivity contribution is -0.0960. The molecule has 0 radical (unpaired) electrons. The van der Waals surface area contributed by atoms with Crippen LogP contribution < -0.4 is 0 Å². The summed E-state index contributed by atoms with van der Waals surface area (Å²) in [5.74, 6) is 2.75. The molecule has 3 heterocycles. The molecule has 1 atom stereocenters. The lowest BCUT2D eigenvalue weighted by atomic mass is 9.80. The maximum absolute atomic E-state index is 12.4. The van der Waals surface area contributed by atoms with E-state index in [0.29, 0.717) is 12.4 Å². The van der Waals surface area contributed by atoms with E-state index in [0.717, 1.165) is 37.2 Å². The van der Waals surface area contributed by atoms with Gasteiger partial charge in [-0.05, 0) is 43.3 Å². The first kappa shape index (κ1) is 13.1. The molecular weight excluding hydrogens is 260 g/mol. The minimum absolute atomic E-state index is 0.0271. The highest BCUT2D eigenvalue weighted by molar-refractivity contribution is 7.99. The van der Waals surface area contributed by atoms with E-state index in [2.05, 4.69) is 9.97 Å². The molecule has 102 valence electrons. The van der Waals surface area contributed by atoms with Crippen molar-refractivity contribution in [1.29, 1.82) is 0 Å². The maximum Gasteiger partial charge on any atom is 0.203 e. The van der Waals surface area contributed by atoms with Crippen molar-refractivity contribution in [2.24, 2.45) is 5.92 Å². The van der Waals surface area contributed by atoms with Gasteiger partial charge in [-0.25, -0.2) is 9.97 Å². The number of nitrogens with zero attached hydrogens (tertiary/aromatic N) is 2. The molecule has 2 aliphatic rings. The highest BCUT2D eigenvalue weighted by Crippen LogP contribution is 2.40. The average Bonchev–Trinajstić information content (AvgIpc) is 2.48. The normalized spacial score (nSPS) is 26.2. The van der Waals surface area contributed by atoms with Gasteiger partial charge in [-0.15, -0.1) is 0 Å². The van der Waals surface area contributed by atoms with Crippen LogP contribution in [0.3, 0.4) is 0 Å². The van der Waals surface area contributed by atoms with Crippen LogP contribution in [0.2, 0.25) is 0 Å². The number of ketones is 1. The van der Waals surface area contributed by atoms with Gasteiger partial charge in [0.15, 0.2) is 5.82 Å². The van der Waals surface area contributed by atoms with Crippen LogP contribution in [0.25, 0.3) is 0 Å². The molecule has 1 aromatic heterocycles. The van der Waals surface area contributed by atoms with Gasteiger partial charge in [0.1, 0.15) is 0 Å². The van der Waals surface area contributed by atoms with E-state index in [-0.39, 0.29) is 17.3 Å². The summed E-state index contributed by atoms with van der Waals surface area (Å²) in [6, 6.07) is 1.74. The number of rotatable bonds is 2. The molecule has 1 spiro atoms. The molecule has 2 fully saturated rings. The molecule has 2 aliphatic heterocycles. The lowest BCUT2D eigenvalue weighted by Crippen LogP contribution is -2.44. The van der Waals surface area contributed by atoms with Crippen LogP contribution in [0, 0.1) is 5.92 Å². The fourth-order valence-corrected chi connectivity index (χ4v) is 4.19. The second-order valence-corrected chi connectivity index (χ2v) is 6.49. The Balaban J connectivity index is 1.73. The Bertz CT molecular complexity index is 441. The number of aromatic nitrogens is 2. The van der Waals surface area contributed by atoms with Crippen LogP contribution in [0.5, 0.6) is 0 Å². The molecule has 4 nitrogen and oxygen atoms in total. The molecule has 0 aromatic carbocycles. The van der Waals surface area contributed by atoms with Crippen molar-refractivity contribution in [3.05, 3.63) is 24.3 Å². The number of hydrogen-bond donors (Lipinski definition) is 0. The zero-order valence-corrected chi connectivity index (χ0v) is 11.7. The molecule has 2 saturated heterocycles. The number of thioether (sulfide) groups is 1. The zero-order chi connectivity index (χ0) is 13.1. The summed E-state index contributed by atoms with van der Waals surface area (Å²) in [6.45, 7) is 0.688. The Labute approximate surface area is 117 Å². The summed E-state index contributed by atoms with van der Waals surface area (Å²) >= 11 is 1.98. The van der Waals surface area contributed by atoms with Crippen molar-refractivity contribution in [3.8, 4) is 0 Å². The Morgan fingerprint density at radius 3 is 2.79 bits per heavy atom. The van der Waals surface area contributed by atoms with Gasteiger partial charge in [0, 0.05) is 24.9 Å². The van der Waals surface area contributed by atoms with Crippen LogP contribution in [0.4, 0.5) is 0 Å². The molecule has 19 heavy (non-hydrogen) atoms. The van der Waals surface area contributed by atoms with E-state index >= 15 is 0 Å². The van der Waals surface area contributed by atoms with Crippen molar-refractivity contribution in [1.82, 2.24) is 9.97 Å². The summed E-state index contributed by atoms with van der Waals surface area (Å²) < 4.78 is 6.02. The van der Waals surface area contributed by atoms with E-state index in [9.17, 15) is 4.79 Å². The van der Waals surface area contributed by atoms with Gasteiger partial charge in [0.05, 0.1) is 5.60 Å². The predicted octanol–water partition coefficient (Wildman–Crippen LogP) is 2.35. The van der Waals surface area contributed by atoms with Crippen molar-refractivity contribution < 1.29 is 9.53 Å². The number of hydrogen-bond acceptors (Lipinski definition) is 5. The highest BCUT2D eigenvalue weighted by Gasteiger charge is 2.41. The van der Waals surface area contributed by atoms with E-state index in [4.69, 9.17) is 4.74 Å². The third-order valence-corrected chi connectivity index (χ3v) is 5.04. The molecule has 1 aromatic rings. The molecule has 0 saturated carbocycles. The predicted molar refractivity (Wildman–Crippen MR) is 74.3 cm³/mol.